The lowest BCUT2D eigenvalue weighted by molar-refractivity contribution is -0.139. The van der Waals surface area contributed by atoms with Gasteiger partial charge >= 0.3 is 5.97 Å². The number of esters is 1. The molecule has 2 aromatic carbocycles. The number of benzene rings is 2. The van der Waals surface area contributed by atoms with Crippen molar-refractivity contribution in [2.45, 2.75) is 6.42 Å². The number of halogens is 1. The summed E-state index contributed by atoms with van der Waals surface area (Å²) >= 11 is 2.10. The molecule has 5 aromatic rings. The van der Waals surface area contributed by atoms with E-state index in [1.165, 1.54) is 7.11 Å². The minimum atomic E-state index is -0.297. The van der Waals surface area contributed by atoms with Gasteiger partial charge in [0.2, 0.25) is 5.88 Å². The minimum Gasteiger partial charge on any atom is -0.469 e. The number of rotatable bonds is 5. The number of carbonyl (C=O) groups excluding carboxylic acids is 1. The third-order valence-electron chi connectivity index (χ3n) is 5.21. The average Bonchev–Trinajstić information content (AvgIpc) is 3.27. The van der Waals surface area contributed by atoms with Crippen molar-refractivity contribution in [2.75, 3.05) is 12.8 Å². The lowest BCUT2D eigenvalue weighted by atomic mass is 10.1. The van der Waals surface area contributed by atoms with Crippen LogP contribution in [0.1, 0.15) is 5.56 Å². The molecule has 0 fully saturated rings. The summed E-state index contributed by atoms with van der Waals surface area (Å²) in [7, 11) is 1.37. The van der Waals surface area contributed by atoms with Crippen LogP contribution >= 0.6 is 22.6 Å². The van der Waals surface area contributed by atoms with Gasteiger partial charge in [-0.2, -0.15) is 14.6 Å². The van der Waals surface area contributed by atoms with Gasteiger partial charge in [0.15, 0.2) is 5.65 Å². The molecule has 0 unspecified atom stereocenters. The van der Waals surface area contributed by atoms with Crippen LogP contribution in [0.3, 0.4) is 0 Å². The monoisotopic (exact) mass is 551 g/mol. The molecule has 0 atom stereocenters. The predicted octanol–water partition coefficient (Wildman–Crippen LogP) is 4.64. The van der Waals surface area contributed by atoms with Crippen molar-refractivity contribution in [2.24, 2.45) is 0 Å². The Morgan fingerprint density at radius 2 is 1.91 bits per heavy atom. The summed E-state index contributed by atoms with van der Waals surface area (Å²) in [6.45, 7) is 0. The molecule has 3 aromatic heterocycles. The Morgan fingerprint density at radius 1 is 1.12 bits per heavy atom. The Hall–Kier alpha value is -3.73. The number of pyridine rings is 1. The summed E-state index contributed by atoms with van der Waals surface area (Å²) in [6.07, 6.45) is 3.73. The first-order valence-corrected chi connectivity index (χ1v) is 11.1. The third-order valence-corrected chi connectivity index (χ3v) is 6.22. The lowest BCUT2D eigenvalue weighted by Crippen LogP contribution is -2.06. The molecule has 0 saturated heterocycles. The zero-order valence-corrected chi connectivity index (χ0v) is 19.7. The average molecular weight is 551 g/mol. The van der Waals surface area contributed by atoms with Gasteiger partial charge in [-0.05, 0) is 52.4 Å². The number of carbonyl (C=O) groups is 1. The van der Waals surface area contributed by atoms with Crippen LogP contribution in [0.25, 0.3) is 27.7 Å². The highest BCUT2D eigenvalue weighted by Crippen LogP contribution is 2.33. The van der Waals surface area contributed by atoms with Crippen LogP contribution in [0.4, 0.5) is 5.82 Å². The van der Waals surface area contributed by atoms with Crippen LogP contribution in [0.5, 0.6) is 11.6 Å². The molecule has 0 aliphatic carbocycles. The highest BCUT2D eigenvalue weighted by Gasteiger charge is 2.18. The van der Waals surface area contributed by atoms with Gasteiger partial charge in [0.25, 0.3) is 0 Å². The van der Waals surface area contributed by atoms with Crippen molar-refractivity contribution in [1.29, 1.82) is 0 Å². The number of nitrogens with zero attached hydrogens (tertiary/aromatic N) is 4. The van der Waals surface area contributed by atoms with Crippen molar-refractivity contribution in [3.05, 3.63) is 76.1 Å². The number of nitrogens with two attached hydrogens (primary N) is 1. The van der Waals surface area contributed by atoms with Gasteiger partial charge in [-0.3, -0.25) is 9.78 Å². The molecule has 5 rings (SSSR count). The summed E-state index contributed by atoms with van der Waals surface area (Å²) < 4.78 is 13.0. The second-order valence-electron chi connectivity index (χ2n) is 7.33. The van der Waals surface area contributed by atoms with E-state index in [1.807, 2.05) is 36.4 Å². The molecule has 8 nitrogen and oxygen atoms in total. The molecule has 164 valence electrons. The normalized spacial score (nSPS) is 11.1. The number of para-hydroxylation sites is 1. The fourth-order valence-electron chi connectivity index (χ4n) is 3.49. The maximum absolute atomic E-state index is 11.5. The lowest BCUT2D eigenvalue weighted by Gasteiger charge is -2.11. The summed E-state index contributed by atoms with van der Waals surface area (Å²) in [4.78, 5) is 20.7. The number of nitrogen functional groups attached to an aromatic ring is 1. The molecule has 0 aliphatic heterocycles. The van der Waals surface area contributed by atoms with E-state index in [-0.39, 0.29) is 12.4 Å². The molecule has 33 heavy (non-hydrogen) atoms. The van der Waals surface area contributed by atoms with E-state index < -0.39 is 0 Å². The van der Waals surface area contributed by atoms with Crippen LogP contribution in [0.2, 0.25) is 0 Å². The third kappa shape index (κ3) is 4.07. The second-order valence-corrected chi connectivity index (χ2v) is 8.40. The molecule has 0 saturated carbocycles. The summed E-state index contributed by atoms with van der Waals surface area (Å²) in [5.74, 6) is 1.08. The van der Waals surface area contributed by atoms with Crippen LogP contribution in [-0.4, -0.2) is 32.7 Å². The van der Waals surface area contributed by atoms with Gasteiger partial charge in [-0.1, -0.05) is 30.3 Å². The minimum absolute atomic E-state index is 0.199. The molecule has 9 heteroatoms. The maximum atomic E-state index is 11.5. The van der Waals surface area contributed by atoms with Crippen LogP contribution in [0, 0.1) is 3.57 Å². The zero-order chi connectivity index (χ0) is 22.9. The fraction of sp³-hybridized carbons (Fsp3) is 0.0833. The van der Waals surface area contributed by atoms with Gasteiger partial charge in [0, 0.05) is 22.7 Å². The first kappa shape index (κ1) is 21.1. The summed E-state index contributed by atoms with van der Waals surface area (Å²) in [5, 5.41) is 5.45. The Morgan fingerprint density at radius 3 is 2.70 bits per heavy atom. The smallest absolute Gasteiger partial charge is 0.309 e. The number of methoxy groups -OCH3 is 1. The van der Waals surface area contributed by atoms with E-state index in [0.29, 0.717) is 26.7 Å². The standard InChI is InChI=1S/C24H18IN5O3/c1-32-20(31)10-14-6-8-17(9-7-14)33-24-21(25)22(26)30-23(29-24)18(13-28-30)16-11-15-4-2-3-5-19(15)27-12-16/h2-9,11-13H,10,26H2,1H3. The quantitative estimate of drug-likeness (QED) is 0.251. The summed E-state index contributed by atoms with van der Waals surface area (Å²) in [6, 6.07) is 17.2. The summed E-state index contributed by atoms with van der Waals surface area (Å²) in [5.41, 5.74) is 10.4. The zero-order valence-electron chi connectivity index (χ0n) is 17.5. The Balaban J connectivity index is 1.52. The first-order chi connectivity index (χ1) is 16.0. The molecular weight excluding hydrogens is 533 g/mol. The van der Waals surface area contributed by atoms with E-state index in [0.717, 1.165) is 27.6 Å². The number of aromatic nitrogens is 4. The molecule has 0 bridgehead atoms. The molecule has 0 spiro atoms. The van der Waals surface area contributed by atoms with E-state index in [4.69, 9.17) is 20.2 Å². The fourth-order valence-corrected chi connectivity index (χ4v) is 3.95. The number of hydrogen-bond acceptors (Lipinski definition) is 7. The van der Waals surface area contributed by atoms with Crippen molar-refractivity contribution in [3.63, 3.8) is 0 Å². The van der Waals surface area contributed by atoms with E-state index in [1.54, 1.807) is 29.0 Å². The highest BCUT2D eigenvalue weighted by atomic mass is 127. The Bertz CT molecular complexity index is 1500. The number of anilines is 1. The van der Waals surface area contributed by atoms with Crippen LogP contribution < -0.4 is 10.5 Å². The van der Waals surface area contributed by atoms with Crippen molar-refractivity contribution < 1.29 is 14.3 Å². The topological polar surface area (TPSA) is 105 Å². The van der Waals surface area contributed by atoms with Gasteiger partial charge in [0.1, 0.15) is 15.1 Å². The maximum Gasteiger partial charge on any atom is 0.309 e. The largest absolute Gasteiger partial charge is 0.469 e. The van der Waals surface area contributed by atoms with Gasteiger partial charge < -0.3 is 15.2 Å². The Kier molecular flexibility index (Phi) is 5.55. The first-order valence-electron chi connectivity index (χ1n) is 10.0. The molecule has 0 amide bonds. The number of fused-ring (bicyclic) bond motifs is 2. The van der Waals surface area contributed by atoms with E-state index in [2.05, 4.69) is 38.7 Å². The number of ether oxygens (including phenoxy) is 2. The molecule has 3 heterocycles. The van der Waals surface area contributed by atoms with Crippen LogP contribution in [-0.2, 0) is 16.0 Å². The van der Waals surface area contributed by atoms with Crippen LogP contribution in [0.15, 0.2) is 67.0 Å². The van der Waals surface area contributed by atoms with Crippen molar-refractivity contribution >= 4 is 50.9 Å². The molecular formula is C24H18IN5O3. The second kappa shape index (κ2) is 8.66. The van der Waals surface area contributed by atoms with Crippen molar-refractivity contribution in [1.82, 2.24) is 19.6 Å². The molecule has 0 aliphatic rings. The van der Waals surface area contributed by atoms with Gasteiger partial charge in [-0.15, -0.1) is 0 Å². The molecule has 0 radical (unpaired) electrons. The SMILES string of the molecule is COC(=O)Cc1ccc(Oc2nc3c(-c4cnc5ccccc5c4)cnn3c(N)c2I)cc1. The van der Waals surface area contributed by atoms with Gasteiger partial charge in [0.05, 0.1) is 25.2 Å². The number of hydrogen-bond donors (Lipinski definition) is 1. The Labute approximate surface area is 202 Å². The highest BCUT2D eigenvalue weighted by molar-refractivity contribution is 14.1. The van der Waals surface area contributed by atoms with E-state index >= 15 is 0 Å². The van der Waals surface area contributed by atoms with E-state index in [9.17, 15) is 4.79 Å². The van der Waals surface area contributed by atoms with Gasteiger partial charge in [-0.25, -0.2) is 0 Å². The molecule has 2 N–H and O–H groups in total. The predicted molar refractivity (Wildman–Crippen MR) is 133 cm³/mol. The van der Waals surface area contributed by atoms with Crippen molar-refractivity contribution in [3.8, 4) is 22.8 Å².